The Bertz CT molecular complexity index is 702. The van der Waals surface area contributed by atoms with Crippen molar-refractivity contribution in [2.24, 2.45) is 0 Å². The normalized spacial score (nSPS) is 10.7. The van der Waals surface area contributed by atoms with Crippen LogP contribution in [0.1, 0.15) is 20.7 Å². The van der Waals surface area contributed by atoms with Gasteiger partial charge in [-0.15, -0.1) is 11.8 Å². The number of thioether (sulfide) groups is 1. The molecule has 5 nitrogen and oxygen atoms in total. The molecule has 1 N–H and O–H groups in total. The Labute approximate surface area is 151 Å². The van der Waals surface area contributed by atoms with E-state index < -0.39 is 6.29 Å². The van der Waals surface area contributed by atoms with Gasteiger partial charge in [-0.1, -0.05) is 36.4 Å². The second-order valence-electron chi connectivity index (χ2n) is 5.22. The number of benzene rings is 2. The fourth-order valence-electron chi connectivity index (χ4n) is 2.12. The number of hydrogen-bond acceptors (Lipinski definition) is 5. The topological polar surface area (TPSA) is 64.6 Å². The summed E-state index contributed by atoms with van der Waals surface area (Å²) in [5.41, 5.74) is 1.22. The number of nitrogens with one attached hydrogen (secondary N) is 1. The molecule has 0 aliphatic carbocycles. The molecule has 6 heteroatoms. The van der Waals surface area contributed by atoms with Crippen LogP contribution in [0.4, 0.5) is 0 Å². The summed E-state index contributed by atoms with van der Waals surface area (Å²) in [7, 11) is 3.03. The third kappa shape index (κ3) is 6.01. The molecule has 0 aliphatic heterocycles. The zero-order chi connectivity index (χ0) is 18.1. The van der Waals surface area contributed by atoms with E-state index >= 15 is 0 Å². The van der Waals surface area contributed by atoms with Gasteiger partial charge in [-0.25, -0.2) is 0 Å². The zero-order valence-corrected chi connectivity index (χ0v) is 15.0. The van der Waals surface area contributed by atoms with E-state index in [4.69, 9.17) is 9.47 Å². The van der Waals surface area contributed by atoms with Crippen molar-refractivity contribution in [1.82, 2.24) is 5.32 Å². The summed E-state index contributed by atoms with van der Waals surface area (Å²) in [6, 6.07) is 16.3. The van der Waals surface area contributed by atoms with Crippen LogP contribution in [0.25, 0.3) is 0 Å². The maximum absolute atomic E-state index is 12.2. The molecule has 0 heterocycles. The first-order valence-corrected chi connectivity index (χ1v) is 8.77. The third-order valence-electron chi connectivity index (χ3n) is 3.52. The molecule has 132 valence electrons. The zero-order valence-electron chi connectivity index (χ0n) is 14.2. The molecule has 0 aromatic heterocycles. The summed E-state index contributed by atoms with van der Waals surface area (Å²) in [5.74, 6) is 0.171. The highest BCUT2D eigenvalue weighted by Crippen LogP contribution is 2.20. The first-order chi connectivity index (χ1) is 12.1. The van der Waals surface area contributed by atoms with Crippen LogP contribution in [0.5, 0.6) is 0 Å². The van der Waals surface area contributed by atoms with Crippen LogP contribution < -0.4 is 5.32 Å². The van der Waals surface area contributed by atoms with Crippen molar-refractivity contribution in [3.8, 4) is 0 Å². The van der Waals surface area contributed by atoms with E-state index in [2.05, 4.69) is 5.32 Å². The van der Waals surface area contributed by atoms with E-state index in [1.807, 2.05) is 24.3 Å². The average Bonchev–Trinajstić information content (AvgIpc) is 2.67. The first-order valence-electron chi connectivity index (χ1n) is 7.79. The number of carbonyl (C=O) groups is 2. The Hall–Kier alpha value is -2.15. The van der Waals surface area contributed by atoms with Crippen LogP contribution in [0.2, 0.25) is 0 Å². The molecular weight excluding hydrogens is 338 g/mol. The minimum absolute atomic E-state index is 0.0588. The van der Waals surface area contributed by atoms with Gasteiger partial charge in [-0.3, -0.25) is 9.59 Å². The summed E-state index contributed by atoms with van der Waals surface area (Å²) < 4.78 is 10.1. The fraction of sp³-hybridized carbons (Fsp3) is 0.263. The number of ketones is 1. The van der Waals surface area contributed by atoms with Crippen LogP contribution in [0, 0.1) is 0 Å². The van der Waals surface area contributed by atoms with Gasteiger partial charge in [-0.2, -0.15) is 0 Å². The molecule has 0 aliphatic rings. The molecule has 2 aromatic carbocycles. The lowest BCUT2D eigenvalue weighted by Crippen LogP contribution is -2.34. The summed E-state index contributed by atoms with van der Waals surface area (Å²) in [5, 5.41) is 2.75. The monoisotopic (exact) mass is 359 g/mol. The molecule has 2 rings (SSSR count). The maximum atomic E-state index is 12.2. The lowest BCUT2D eigenvalue weighted by Gasteiger charge is -2.14. The van der Waals surface area contributed by atoms with Crippen LogP contribution in [-0.4, -0.2) is 44.5 Å². The summed E-state index contributed by atoms with van der Waals surface area (Å²) >= 11 is 1.41. The lowest BCUT2D eigenvalue weighted by atomic mass is 10.2. The van der Waals surface area contributed by atoms with Crippen LogP contribution >= 0.6 is 11.8 Å². The average molecular weight is 359 g/mol. The van der Waals surface area contributed by atoms with Gasteiger partial charge in [0.05, 0.1) is 12.3 Å². The molecule has 25 heavy (non-hydrogen) atoms. The van der Waals surface area contributed by atoms with Crippen molar-refractivity contribution >= 4 is 23.5 Å². The smallest absolute Gasteiger partial charge is 0.251 e. The standard InChI is InChI=1S/C19H21NO4S/c1-23-18(24-2)12-20-19(22)15-9-6-10-16(11-15)25-13-17(21)14-7-4-3-5-8-14/h3-11,18H,12-13H2,1-2H3,(H,20,22). The molecule has 1 amide bonds. The number of ether oxygens (including phenoxy) is 2. The van der Waals surface area contributed by atoms with E-state index in [0.29, 0.717) is 16.9 Å². The van der Waals surface area contributed by atoms with Crippen LogP contribution in [0.15, 0.2) is 59.5 Å². The van der Waals surface area contributed by atoms with Crippen LogP contribution in [0.3, 0.4) is 0 Å². The van der Waals surface area contributed by atoms with E-state index in [0.717, 1.165) is 4.90 Å². The van der Waals surface area contributed by atoms with Gasteiger partial charge in [0.1, 0.15) is 0 Å². The van der Waals surface area contributed by atoms with Gasteiger partial charge < -0.3 is 14.8 Å². The van der Waals surface area contributed by atoms with Gasteiger partial charge in [0, 0.05) is 30.2 Å². The van der Waals surface area contributed by atoms with Crippen molar-refractivity contribution in [1.29, 1.82) is 0 Å². The summed E-state index contributed by atoms with van der Waals surface area (Å²) in [6.45, 7) is 0.260. The predicted molar refractivity (Wildman–Crippen MR) is 98.1 cm³/mol. The van der Waals surface area contributed by atoms with Crippen molar-refractivity contribution in [3.05, 3.63) is 65.7 Å². The molecule has 0 saturated heterocycles. The molecule has 0 fully saturated rings. The Morgan fingerprint density at radius 1 is 1.00 bits per heavy atom. The SMILES string of the molecule is COC(CNC(=O)c1cccc(SCC(=O)c2ccccc2)c1)OC. The Balaban J connectivity index is 1.92. The summed E-state index contributed by atoms with van der Waals surface area (Å²) in [6.07, 6.45) is -0.481. The second-order valence-corrected chi connectivity index (χ2v) is 6.27. The number of hydrogen-bond donors (Lipinski definition) is 1. The van der Waals surface area contributed by atoms with Crippen molar-refractivity contribution in [2.45, 2.75) is 11.2 Å². The highest BCUT2D eigenvalue weighted by molar-refractivity contribution is 8.00. The molecule has 0 radical (unpaired) electrons. The Morgan fingerprint density at radius 2 is 1.68 bits per heavy atom. The molecule has 2 aromatic rings. The fourth-order valence-corrected chi connectivity index (χ4v) is 2.97. The Morgan fingerprint density at radius 3 is 2.36 bits per heavy atom. The minimum Gasteiger partial charge on any atom is -0.354 e. The largest absolute Gasteiger partial charge is 0.354 e. The van der Waals surface area contributed by atoms with Gasteiger partial charge in [-0.05, 0) is 18.2 Å². The predicted octanol–water partition coefficient (Wildman–Crippen LogP) is 3.01. The first kappa shape index (κ1) is 19.2. The maximum Gasteiger partial charge on any atom is 0.251 e. The van der Waals surface area contributed by atoms with Crippen molar-refractivity contribution in [2.75, 3.05) is 26.5 Å². The molecule has 0 saturated carbocycles. The molecule has 0 unspecified atom stereocenters. The number of methoxy groups -OCH3 is 2. The van der Waals surface area contributed by atoms with Crippen molar-refractivity contribution < 1.29 is 19.1 Å². The van der Waals surface area contributed by atoms with Gasteiger partial charge in [0.15, 0.2) is 12.1 Å². The minimum atomic E-state index is -0.481. The molecule has 0 spiro atoms. The van der Waals surface area contributed by atoms with Crippen LogP contribution in [-0.2, 0) is 9.47 Å². The lowest BCUT2D eigenvalue weighted by molar-refractivity contribution is -0.0974. The highest BCUT2D eigenvalue weighted by atomic mass is 32.2. The number of amides is 1. The number of Topliss-reactive ketones (excluding diaryl/α,β-unsaturated/α-hetero) is 1. The van der Waals surface area contributed by atoms with E-state index in [1.54, 1.807) is 30.3 Å². The third-order valence-corrected chi connectivity index (χ3v) is 4.51. The van der Waals surface area contributed by atoms with Gasteiger partial charge in [0.25, 0.3) is 5.91 Å². The number of carbonyl (C=O) groups excluding carboxylic acids is 2. The quantitative estimate of drug-likeness (QED) is 0.424. The summed E-state index contributed by atoms with van der Waals surface area (Å²) in [4.78, 5) is 25.2. The molecule has 0 bridgehead atoms. The molecular formula is C19H21NO4S. The second kappa shape index (κ2) is 9.98. The Kier molecular flexibility index (Phi) is 7.66. The molecule has 0 atom stereocenters. The van der Waals surface area contributed by atoms with E-state index in [9.17, 15) is 9.59 Å². The van der Waals surface area contributed by atoms with E-state index in [-0.39, 0.29) is 18.2 Å². The number of rotatable bonds is 9. The van der Waals surface area contributed by atoms with Gasteiger partial charge in [0.2, 0.25) is 0 Å². The highest BCUT2D eigenvalue weighted by Gasteiger charge is 2.11. The van der Waals surface area contributed by atoms with Crippen molar-refractivity contribution in [3.63, 3.8) is 0 Å². The van der Waals surface area contributed by atoms with E-state index in [1.165, 1.54) is 26.0 Å². The van der Waals surface area contributed by atoms with Gasteiger partial charge >= 0.3 is 0 Å².